The van der Waals surface area contributed by atoms with Gasteiger partial charge < -0.3 is 15.5 Å². The van der Waals surface area contributed by atoms with E-state index in [1.165, 1.54) is 6.20 Å². The second-order valence-corrected chi connectivity index (χ2v) is 3.66. The lowest BCUT2D eigenvalue weighted by Crippen LogP contribution is -2.25. The Bertz CT molecular complexity index is 274. The third-order valence-electron chi connectivity index (χ3n) is 2.24. The molecule has 1 aromatic heterocycles. The van der Waals surface area contributed by atoms with Crippen LogP contribution in [0.1, 0.15) is 25.5 Å². The van der Waals surface area contributed by atoms with Crippen molar-refractivity contribution in [1.82, 2.24) is 10.3 Å². The lowest BCUT2D eigenvalue weighted by molar-refractivity contribution is 0.276. The van der Waals surface area contributed by atoms with E-state index in [2.05, 4.69) is 17.2 Å². The average molecular weight is 210 g/mol. The van der Waals surface area contributed by atoms with Crippen molar-refractivity contribution in [2.24, 2.45) is 0 Å². The summed E-state index contributed by atoms with van der Waals surface area (Å²) in [6.45, 7) is 3.01. The van der Waals surface area contributed by atoms with Gasteiger partial charge >= 0.3 is 0 Å². The molecule has 1 heterocycles. The van der Waals surface area contributed by atoms with Gasteiger partial charge in [0.1, 0.15) is 5.75 Å². The number of aromatic nitrogens is 1. The lowest BCUT2D eigenvalue weighted by atomic mass is 10.2. The molecule has 1 atom stereocenters. The minimum Gasteiger partial charge on any atom is -0.506 e. The highest BCUT2D eigenvalue weighted by atomic mass is 16.3. The Morgan fingerprint density at radius 1 is 1.47 bits per heavy atom. The van der Waals surface area contributed by atoms with Gasteiger partial charge in [0.25, 0.3) is 0 Å². The third-order valence-corrected chi connectivity index (χ3v) is 2.24. The molecule has 0 aliphatic rings. The van der Waals surface area contributed by atoms with Crippen LogP contribution < -0.4 is 5.32 Å². The molecule has 0 saturated heterocycles. The van der Waals surface area contributed by atoms with Crippen molar-refractivity contribution in [1.29, 1.82) is 0 Å². The molecule has 0 aliphatic carbocycles. The van der Waals surface area contributed by atoms with E-state index in [1.54, 1.807) is 12.1 Å². The molecule has 0 saturated carbocycles. The molecule has 3 N–H and O–H groups in total. The van der Waals surface area contributed by atoms with Gasteiger partial charge in [0.2, 0.25) is 0 Å². The maximum Gasteiger partial charge on any atom is 0.133 e. The Labute approximate surface area is 90.0 Å². The molecule has 1 aromatic rings. The minimum atomic E-state index is 0.187. The highest BCUT2D eigenvalue weighted by Gasteiger charge is 2.01. The number of rotatable bonds is 6. The fourth-order valence-corrected chi connectivity index (χ4v) is 1.30. The minimum absolute atomic E-state index is 0.187. The van der Waals surface area contributed by atoms with Crippen LogP contribution in [0.4, 0.5) is 0 Å². The van der Waals surface area contributed by atoms with Gasteiger partial charge in [-0.3, -0.25) is 4.98 Å². The van der Waals surface area contributed by atoms with Crippen molar-refractivity contribution in [2.45, 2.75) is 32.4 Å². The molecule has 0 fully saturated rings. The fraction of sp³-hybridized carbons (Fsp3) is 0.545. The van der Waals surface area contributed by atoms with Gasteiger partial charge in [-0.25, -0.2) is 0 Å². The number of hydrogen-bond acceptors (Lipinski definition) is 4. The number of nitrogens with one attached hydrogen (secondary N) is 1. The highest BCUT2D eigenvalue weighted by molar-refractivity contribution is 5.17. The van der Waals surface area contributed by atoms with Crippen LogP contribution in [0, 0.1) is 0 Å². The van der Waals surface area contributed by atoms with Crippen LogP contribution in [0.5, 0.6) is 5.75 Å². The van der Waals surface area contributed by atoms with Gasteiger partial charge in [0.15, 0.2) is 0 Å². The van der Waals surface area contributed by atoms with Crippen LogP contribution in [0.2, 0.25) is 0 Å². The zero-order chi connectivity index (χ0) is 11.1. The zero-order valence-corrected chi connectivity index (χ0v) is 8.98. The predicted octanol–water partition coefficient (Wildman–Crippen LogP) is 1.04. The molecule has 84 valence electrons. The van der Waals surface area contributed by atoms with E-state index in [0.717, 1.165) is 18.5 Å². The summed E-state index contributed by atoms with van der Waals surface area (Å²) in [5, 5.41) is 21.0. The van der Waals surface area contributed by atoms with Crippen molar-refractivity contribution in [2.75, 3.05) is 6.61 Å². The normalized spacial score (nSPS) is 12.7. The maximum atomic E-state index is 9.04. The summed E-state index contributed by atoms with van der Waals surface area (Å²) < 4.78 is 0. The van der Waals surface area contributed by atoms with Crippen LogP contribution in [-0.4, -0.2) is 27.8 Å². The van der Waals surface area contributed by atoms with Crippen molar-refractivity contribution < 1.29 is 10.2 Å². The first-order chi connectivity index (χ1) is 7.22. The maximum absolute atomic E-state index is 9.04. The van der Waals surface area contributed by atoms with Crippen LogP contribution >= 0.6 is 0 Å². The topological polar surface area (TPSA) is 65.4 Å². The molecule has 1 rings (SSSR count). The molecular formula is C11H18N2O2. The Kier molecular flexibility index (Phi) is 5.07. The summed E-state index contributed by atoms with van der Waals surface area (Å²) in [6, 6.07) is 3.79. The van der Waals surface area contributed by atoms with E-state index >= 15 is 0 Å². The molecule has 4 heteroatoms. The molecule has 0 amide bonds. The molecule has 0 aliphatic heterocycles. The van der Waals surface area contributed by atoms with Gasteiger partial charge in [-0.15, -0.1) is 0 Å². The Hall–Kier alpha value is -1.13. The Morgan fingerprint density at radius 2 is 2.27 bits per heavy atom. The molecule has 0 aromatic carbocycles. The highest BCUT2D eigenvalue weighted by Crippen LogP contribution is 2.06. The van der Waals surface area contributed by atoms with Crippen molar-refractivity contribution in [3.63, 3.8) is 0 Å². The van der Waals surface area contributed by atoms with E-state index in [1.807, 2.05) is 0 Å². The quantitative estimate of drug-likeness (QED) is 0.656. The number of nitrogens with zero attached hydrogens (tertiary/aromatic N) is 1. The summed E-state index contributed by atoms with van der Waals surface area (Å²) in [7, 11) is 0. The smallest absolute Gasteiger partial charge is 0.133 e. The molecule has 1 unspecified atom stereocenters. The van der Waals surface area contributed by atoms with Gasteiger partial charge in [-0.2, -0.15) is 0 Å². The predicted molar refractivity (Wildman–Crippen MR) is 58.5 cm³/mol. The first kappa shape index (κ1) is 11.9. The summed E-state index contributed by atoms with van der Waals surface area (Å²) >= 11 is 0. The van der Waals surface area contributed by atoms with Gasteiger partial charge in [0.05, 0.1) is 11.9 Å². The summed E-state index contributed by atoms with van der Waals surface area (Å²) in [5.41, 5.74) is 0.906. The second-order valence-electron chi connectivity index (χ2n) is 3.66. The Morgan fingerprint density at radius 3 is 2.87 bits per heavy atom. The molecule has 0 radical (unpaired) electrons. The molecule has 15 heavy (non-hydrogen) atoms. The molecule has 0 bridgehead atoms. The van der Waals surface area contributed by atoms with Crippen LogP contribution in [0.15, 0.2) is 18.3 Å². The fourth-order valence-electron chi connectivity index (χ4n) is 1.30. The lowest BCUT2D eigenvalue weighted by Gasteiger charge is -2.12. The van der Waals surface area contributed by atoms with Crippen LogP contribution in [-0.2, 0) is 6.54 Å². The zero-order valence-electron chi connectivity index (χ0n) is 8.98. The van der Waals surface area contributed by atoms with E-state index in [9.17, 15) is 0 Å². The first-order valence-corrected chi connectivity index (χ1v) is 5.20. The first-order valence-electron chi connectivity index (χ1n) is 5.20. The van der Waals surface area contributed by atoms with Crippen molar-refractivity contribution >= 4 is 0 Å². The van der Waals surface area contributed by atoms with E-state index in [-0.39, 0.29) is 12.4 Å². The SMILES string of the molecule is CC(CCCO)NCc1ccc(O)cn1. The summed E-state index contributed by atoms with van der Waals surface area (Å²) in [6.07, 6.45) is 3.21. The third kappa shape index (κ3) is 4.76. The molecule has 4 nitrogen and oxygen atoms in total. The summed E-state index contributed by atoms with van der Waals surface area (Å²) in [5.74, 6) is 0.187. The van der Waals surface area contributed by atoms with Crippen molar-refractivity contribution in [3.05, 3.63) is 24.0 Å². The average Bonchev–Trinajstić information content (AvgIpc) is 2.25. The number of pyridine rings is 1. The van der Waals surface area contributed by atoms with Crippen molar-refractivity contribution in [3.8, 4) is 5.75 Å². The van der Waals surface area contributed by atoms with Crippen LogP contribution in [0.25, 0.3) is 0 Å². The van der Waals surface area contributed by atoms with Crippen LogP contribution in [0.3, 0.4) is 0 Å². The Balaban J connectivity index is 2.27. The monoisotopic (exact) mass is 210 g/mol. The van der Waals surface area contributed by atoms with Gasteiger partial charge in [-0.05, 0) is 31.9 Å². The van der Waals surface area contributed by atoms with E-state index in [0.29, 0.717) is 12.6 Å². The summed E-state index contributed by atoms with van der Waals surface area (Å²) in [4.78, 5) is 4.07. The van der Waals surface area contributed by atoms with Gasteiger partial charge in [-0.1, -0.05) is 0 Å². The standard InChI is InChI=1S/C11H18N2O2/c1-9(3-2-6-14)12-7-10-4-5-11(15)8-13-10/h4-5,8-9,12,14-15H,2-3,6-7H2,1H3. The number of hydrogen-bond donors (Lipinski definition) is 3. The molecule has 0 spiro atoms. The van der Waals surface area contributed by atoms with E-state index < -0.39 is 0 Å². The number of aromatic hydroxyl groups is 1. The number of aliphatic hydroxyl groups is 1. The second kappa shape index (κ2) is 6.37. The van der Waals surface area contributed by atoms with E-state index in [4.69, 9.17) is 10.2 Å². The largest absolute Gasteiger partial charge is 0.506 e. The molecular weight excluding hydrogens is 192 g/mol. The van der Waals surface area contributed by atoms with Gasteiger partial charge in [0, 0.05) is 19.2 Å². The number of aliphatic hydroxyl groups excluding tert-OH is 1.